The Morgan fingerprint density at radius 2 is 1.00 bits per heavy atom. The van der Waals surface area contributed by atoms with Crippen LogP contribution in [-0.2, 0) is 18.7 Å². The van der Waals surface area contributed by atoms with Crippen LogP contribution in [0.2, 0.25) is 0 Å². The van der Waals surface area contributed by atoms with E-state index in [1.807, 2.05) is 0 Å². The lowest BCUT2D eigenvalue weighted by atomic mass is 10.3. The normalized spacial score (nSPS) is 14.5. The van der Waals surface area contributed by atoms with E-state index in [9.17, 15) is 18.7 Å². The summed E-state index contributed by atoms with van der Waals surface area (Å²) in [6, 6.07) is -3.26. The van der Waals surface area contributed by atoms with Crippen molar-refractivity contribution in [1.29, 1.82) is 0 Å². The third-order valence-electron chi connectivity index (χ3n) is 1.61. The van der Waals surface area contributed by atoms with Crippen molar-refractivity contribution in [3.8, 4) is 0 Å². The summed E-state index contributed by atoms with van der Waals surface area (Å²) in [6.07, 6.45) is 0. The van der Waals surface area contributed by atoms with Crippen molar-refractivity contribution in [2.45, 2.75) is 12.1 Å². The Kier molecular flexibility index (Phi) is 10.6. The summed E-state index contributed by atoms with van der Waals surface area (Å²) in [5, 5.41) is 35.7. The minimum absolute atomic E-state index is 0.875. The summed E-state index contributed by atoms with van der Waals surface area (Å²) in [7, 11) is -9.17. The number of rotatable bonds is 8. The lowest BCUT2D eigenvalue weighted by molar-refractivity contribution is -0.141. The molecule has 0 aromatic carbocycles. The van der Waals surface area contributed by atoms with Gasteiger partial charge in [0.05, 0.1) is 13.2 Å². The zero-order valence-corrected chi connectivity index (χ0v) is 12.5. The van der Waals surface area contributed by atoms with E-state index in [0.29, 0.717) is 0 Å². The quantitative estimate of drug-likeness (QED) is 0.184. The van der Waals surface area contributed by atoms with Gasteiger partial charge in [-0.25, -0.2) is 19.3 Å². The van der Waals surface area contributed by atoms with E-state index < -0.39 is 52.7 Å². The minimum Gasteiger partial charge on any atom is -0.480 e. The topological polar surface area (TPSA) is 254 Å². The molecule has 0 spiro atoms. The van der Waals surface area contributed by atoms with Crippen LogP contribution >= 0.6 is 15.5 Å². The summed E-state index contributed by atoms with van der Waals surface area (Å²) < 4.78 is 20.2. The molecule has 0 saturated heterocycles. The Bertz CT molecular complexity index is 415. The zero-order chi connectivity index (χ0) is 18.1. The number of nitrogens with one attached hydrogen (secondary N) is 2. The highest BCUT2D eigenvalue weighted by molar-refractivity contribution is 7.49. The second kappa shape index (κ2) is 9.97. The molecule has 0 aliphatic carbocycles. The van der Waals surface area contributed by atoms with E-state index in [-0.39, 0.29) is 0 Å². The highest BCUT2D eigenvalue weighted by Crippen LogP contribution is 2.29. The second-order valence-electron chi connectivity index (χ2n) is 3.49. The highest BCUT2D eigenvalue weighted by Gasteiger charge is 2.25. The number of hydrogen-bond donors (Lipinski definition) is 10. The van der Waals surface area contributed by atoms with Gasteiger partial charge in [-0.15, -0.1) is 0 Å². The highest BCUT2D eigenvalue weighted by atomic mass is 31.2. The van der Waals surface area contributed by atoms with Crippen LogP contribution in [0.1, 0.15) is 0 Å². The Morgan fingerprint density at radius 1 is 0.773 bits per heavy atom. The van der Waals surface area contributed by atoms with E-state index in [0.717, 1.165) is 0 Å². The molecular formula is C6H16N2O12P2. The maximum absolute atomic E-state index is 10.1. The molecule has 0 aromatic rings. The van der Waals surface area contributed by atoms with Gasteiger partial charge >= 0.3 is 27.4 Å². The molecule has 0 fully saturated rings. The van der Waals surface area contributed by atoms with Gasteiger partial charge in [0, 0.05) is 0 Å². The van der Waals surface area contributed by atoms with Gasteiger partial charge in [0.15, 0.2) is 0 Å². The zero-order valence-electron chi connectivity index (χ0n) is 10.7. The molecule has 0 amide bonds. The maximum atomic E-state index is 10.1. The molecule has 0 heterocycles. The van der Waals surface area contributed by atoms with Crippen molar-refractivity contribution in [3.05, 3.63) is 0 Å². The number of aliphatic hydroxyl groups is 2. The molecule has 0 aromatic heterocycles. The molecule has 2 unspecified atom stereocenters. The molecule has 2 atom stereocenters. The van der Waals surface area contributed by atoms with Gasteiger partial charge in [-0.3, -0.25) is 9.59 Å². The first-order chi connectivity index (χ1) is 9.73. The van der Waals surface area contributed by atoms with E-state index in [1.54, 1.807) is 0 Å². The van der Waals surface area contributed by atoms with Crippen molar-refractivity contribution in [1.82, 2.24) is 10.2 Å². The average molecular weight is 370 g/mol. The Balaban J connectivity index is 0. The van der Waals surface area contributed by atoms with E-state index >= 15 is 0 Å². The Hall–Kier alpha value is -0.920. The number of aliphatic carboxylic acids is 2. The van der Waals surface area contributed by atoms with Gasteiger partial charge < -0.3 is 40.0 Å². The van der Waals surface area contributed by atoms with Gasteiger partial charge in [-0.1, -0.05) is 0 Å². The van der Waals surface area contributed by atoms with Crippen LogP contribution in [0.3, 0.4) is 0 Å². The summed E-state index contributed by atoms with van der Waals surface area (Å²) in [5.74, 6) is -3.04. The summed E-state index contributed by atoms with van der Waals surface area (Å²) in [5.41, 5.74) is 0. The molecule has 0 bridgehead atoms. The first kappa shape index (κ1) is 23.3. The first-order valence-corrected chi connectivity index (χ1v) is 8.30. The monoisotopic (exact) mass is 370 g/mol. The standard InChI is InChI=1S/2C3H8NO6P/c2*5-1-2(3(6)7)4-11(8,9)10/h2*2,5H,1H2,(H,6,7)(H3,4,8,9,10). The molecule has 0 aliphatic rings. The number of carbonyl (C=O) groups is 2. The molecule has 14 nitrogen and oxygen atoms in total. The predicted octanol–water partition coefficient (Wildman–Crippen LogP) is -3.77. The largest absolute Gasteiger partial charge is 0.480 e. The first-order valence-electron chi connectivity index (χ1n) is 5.07. The fraction of sp³-hybridized carbons (Fsp3) is 0.667. The number of hydrogen-bond acceptors (Lipinski definition) is 6. The minimum atomic E-state index is -4.58. The van der Waals surface area contributed by atoms with Crippen molar-refractivity contribution >= 4 is 27.4 Å². The lowest BCUT2D eigenvalue weighted by Gasteiger charge is -2.11. The second-order valence-corrected chi connectivity index (χ2v) is 6.19. The SMILES string of the molecule is O=C(O)C(CO)NP(=O)(O)O.O=C(O)C(CO)NP(=O)(O)O. The van der Waals surface area contributed by atoms with Crippen LogP contribution in [0.15, 0.2) is 0 Å². The van der Waals surface area contributed by atoms with Crippen molar-refractivity contribution in [2.24, 2.45) is 0 Å². The van der Waals surface area contributed by atoms with E-state index in [1.165, 1.54) is 10.2 Å². The van der Waals surface area contributed by atoms with Crippen LogP contribution in [0.5, 0.6) is 0 Å². The average Bonchev–Trinajstić information content (AvgIpc) is 2.31. The molecule has 132 valence electrons. The van der Waals surface area contributed by atoms with Gasteiger partial charge in [0.25, 0.3) is 0 Å². The fourth-order valence-electron chi connectivity index (χ4n) is 0.754. The Labute approximate surface area is 122 Å². The van der Waals surface area contributed by atoms with Crippen molar-refractivity contribution in [2.75, 3.05) is 13.2 Å². The fourth-order valence-corrected chi connectivity index (χ4v) is 1.95. The van der Waals surface area contributed by atoms with E-state index in [2.05, 4.69) is 0 Å². The molecular weight excluding hydrogens is 354 g/mol. The predicted molar refractivity (Wildman–Crippen MR) is 67.4 cm³/mol. The molecule has 0 rings (SSSR count). The summed E-state index contributed by atoms with van der Waals surface area (Å²) >= 11 is 0. The molecule has 0 aliphatic heterocycles. The van der Waals surface area contributed by atoms with Gasteiger partial charge in [-0.05, 0) is 0 Å². The number of carboxylic acids is 2. The van der Waals surface area contributed by atoms with E-state index in [4.69, 9.17) is 40.0 Å². The van der Waals surface area contributed by atoms with Crippen LogP contribution in [0.25, 0.3) is 0 Å². The van der Waals surface area contributed by atoms with Crippen LogP contribution in [-0.4, -0.2) is 77.2 Å². The maximum Gasteiger partial charge on any atom is 0.401 e. The molecule has 16 heteroatoms. The van der Waals surface area contributed by atoms with Crippen LogP contribution < -0.4 is 10.2 Å². The third kappa shape index (κ3) is 14.0. The third-order valence-corrected chi connectivity index (χ3v) is 2.91. The van der Waals surface area contributed by atoms with Crippen molar-refractivity contribution in [3.63, 3.8) is 0 Å². The molecule has 0 radical (unpaired) electrons. The van der Waals surface area contributed by atoms with Crippen LogP contribution in [0, 0.1) is 0 Å². The Morgan fingerprint density at radius 3 is 1.05 bits per heavy atom. The number of carboxylic acid groups (broad SMARTS) is 2. The van der Waals surface area contributed by atoms with Crippen molar-refractivity contribution < 1.29 is 58.7 Å². The summed E-state index contributed by atoms with van der Waals surface area (Å²) in [4.78, 5) is 52.9. The molecule has 0 saturated carbocycles. The van der Waals surface area contributed by atoms with Gasteiger partial charge in [0.2, 0.25) is 0 Å². The number of aliphatic hydroxyl groups excluding tert-OH is 2. The summed E-state index contributed by atoms with van der Waals surface area (Å²) in [6.45, 7) is -1.75. The van der Waals surface area contributed by atoms with Gasteiger partial charge in [-0.2, -0.15) is 0 Å². The smallest absolute Gasteiger partial charge is 0.401 e. The molecule has 10 N–H and O–H groups in total. The van der Waals surface area contributed by atoms with Crippen LogP contribution in [0.4, 0.5) is 0 Å². The molecule has 22 heavy (non-hydrogen) atoms. The van der Waals surface area contributed by atoms with Gasteiger partial charge in [0.1, 0.15) is 12.1 Å². The lowest BCUT2D eigenvalue weighted by Crippen LogP contribution is -2.37.